The quantitative estimate of drug-likeness (QED) is 0.794. The second-order valence-corrected chi connectivity index (χ2v) is 4.35. The van der Waals surface area contributed by atoms with Crippen molar-refractivity contribution in [1.82, 2.24) is 15.5 Å². The highest BCUT2D eigenvalue weighted by Gasteiger charge is 2.15. The van der Waals surface area contributed by atoms with Crippen LogP contribution in [0, 0.1) is 0 Å². The first kappa shape index (κ1) is 19.3. The maximum Gasteiger partial charge on any atom is 0.234 e. The van der Waals surface area contributed by atoms with Gasteiger partial charge in [0.05, 0.1) is 6.54 Å². The Morgan fingerprint density at radius 1 is 1.47 bits per heavy atom. The fourth-order valence-electron chi connectivity index (χ4n) is 1.95. The van der Waals surface area contributed by atoms with E-state index in [-0.39, 0.29) is 30.7 Å². The summed E-state index contributed by atoms with van der Waals surface area (Å²) in [5.74, 6) is 0.152. The number of halogens is 2. The fraction of sp³-hybridized carbons (Fsp3) is 0.909. The monoisotopic (exact) mass is 285 g/mol. The molecule has 1 saturated heterocycles. The first-order chi connectivity index (χ1) is 7.22. The van der Waals surface area contributed by atoms with Crippen LogP contribution < -0.4 is 10.6 Å². The minimum Gasteiger partial charge on any atom is -0.351 e. The molecule has 0 saturated carbocycles. The zero-order valence-electron chi connectivity index (χ0n) is 10.7. The third-order valence-electron chi connectivity index (χ3n) is 2.68. The molecule has 0 spiro atoms. The zero-order chi connectivity index (χ0) is 11.1. The van der Waals surface area contributed by atoms with E-state index >= 15 is 0 Å². The first-order valence-corrected chi connectivity index (χ1v) is 5.91. The summed E-state index contributed by atoms with van der Waals surface area (Å²) >= 11 is 0. The molecule has 0 aromatic rings. The number of amides is 1. The standard InChI is InChI=1S/C11H23N3O.2ClH/c1-3-7-14(2)9-11(15)13-10-5-4-6-12-8-10;;/h10,12H,3-9H2,1-2H3,(H,13,15);2*1H/t10-;;/m0../s1. The van der Waals surface area contributed by atoms with Crippen LogP contribution in [0.15, 0.2) is 0 Å². The van der Waals surface area contributed by atoms with Crippen LogP contribution in [0.2, 0.25) is 0 Å². The SMILES string of the molecule is CCCN(C)CC(=O)N[C@H]1CCCNC1.Cl.Cl. The Bertz CT molecular complexity index is 199. The van der Waals surface area contributed by atoms with Crippen molar-refractivity contribution < 1.29 is 4.79 Å². The number of nitrogens with zero attached hydrogens (tertiary/aromatic N) is 1. The molecule has 4 nitrogen and oxygen atoms in total. The Labute approximate surface area is 117 Å². The van der Waals surface area contributed by atoms with Crippen LogP contribution in [0.25, 0.3) is 0 Å². The molecule has 1 rings (SSSR count). The highest BCUT2D eigenvalue weighted by atomic mass is 35.5. The van der Waals surface area contributed by atoms with Crippen molar-refractivity contribution in [2.45, 2.75) is 32.2 Å². The summed E-state index contributed by atoms with van der Waals surface area (Å²) in [4.78, 5) is 13.7. The number of carbonyl (C=O) groups is 1. The summed E-state index contributed by atoms with van der Waals surface area (Å²) in [7, 11) is 1.99. The van der Waals surface area contributed by atoms with Gasteiger partial charge in [-0.25, -0.2) is 0 Å². The van der Waals surface area contributed by atoms with Crippen molar-refractivity contribution in [2.24, 2.45) is 0 Å². The van der Waals surface area contributed by atoms with E-state index < -0.39 is 0 Å². The molecule has 0 radical (unpaired) electrons. The summed E-state index contributed by atoms with van der Waals surface area (Å²) in [6, 6.07) is 0.335. The number of piperidine rings is 1. The van der Waals surface area contributed by atoms with Crippen molar-refractivity contribution in [2.75, 3.05) is 33.2 Å². The molecule has 1 atom stereocenters. The van der Waals surface area contributed by atoms with E-state index in [0.29, 0.717) is 12.6 Å². The molecule has 1 aliphatic rings. The van der Waals surface area contributed by atoms with E-state index in [0.717, 1.165) is 38.9 Å². The average Bonchev–Trinajstić information content (AvgIpc) is 2.19. The molecule has 0 aliphatic carbocycles. The Kier molecular flexibility index (Phi) is 12.6. The largest absolute Gasteiger partial charge is 0.351 e. The van der Waals surface area contributed by atoms with E-state index in [9.17, 15) is 4.79 Å². The molecule has 0 aromatic carbocycles. The predicted molar refractivity (Wildman–Crippen MR) is 76.3 cm³/mol. The van der Waals surface area contributed by atoms with Gasteiger partial charge in [0.25, 0.3) is 0 Å². The van der Waals surface area contributed by atoms with Gasteiger partial charge in [-0.15, -0.1) is 24.8 Å². The lowest BCUT2D eigenvalue weighted by molar-refractivity contribution is -0.122. The van der Waals surface area contributed by atoms with Crippen LogP contribution in [0.3, 0.4) is 0 Å². The summed E-state index contributed by atoms with van der Waals surface area (Å²) in [5, 5.41) is 6.36. The first-order valence-electron chi connectivity index (χ1n) is 5.91. The normalized spacial score (nSPS) is 19.1. The smallest absolute Gasteiger partial charge is 0.234 e. The number of hydrogen-bond acceptors (Lipinski definition) is 3. The molecule has 104 valence electrons. The van der Waals surface area contributed by atoms with Crippen molar-refractivity contribution in [3.05, 3.63) is 0 Å². The van der Waals surface area contributed by atoms with Crippen LogP contribution in [-0.4, -0.2) is 50.1 Å². The molecule has 6 heteroatoms. The number of likely N-dealkylation sites (N-methyl/N-ethyl adjacent to an activating group) is 1. The Morgan fingerprint density at radius 3 is 2.71 bits per heavy atom. The summed E-state index contributed by atoms with van der Waals surface area (Å²) in [5.41, 5.74) is 0. The minimum atomic E-state index is 0. The van der Waals surface area contributed by atoms with E-state index in [2.05, 4.69) is 22.5 Å². The van der Waals surface area contributed by atoms with Crippen LogP contribution in [0.1, 0.15) is 26.2 Å². The maximum atomic E-state index is 11.6. The molecule has 0 bridgehead atoms. The lowest BCUT2D eigenvalue weighted by Gasteiger charge is -2.25. The molecule has 1 aliphatic heterocycles. The van der Waals surface area contributed by atoms with Crippen LogP contribution in [0.4, 0.5) is 0 Å². The summed E-state index contributed by atoms with van der Waals surface area (Å²) in [6.45, 7) is 5.63. The van der Waals surface area contributed by atoms with Gasteiger partial charge >= 0.3 is 0 Å². The highest BCUT2D eigenvalue weighted by Crippen LogP contribution is 2.00. The van der Waals surface area contributed by atoms with Crippen LogP contribution in [-0.2, 0) is 4.79 Å². The molecule has 1 heterocycles. The van der Waals surface area contributed by atoms with Gasteiger partial charge in [-0.05, 0) is 39.4 Å². The zero-order valence-corrected chi connectivity index (χ0v) is 12.3. The Balaban J connectivity index is 0. The topological polar surface area (TPSA) is 44.4 Å². The lowest BCUT2D eigenvalue weighted by Crippen LogP contribution is -2.48. The summed E-state index contributed by atoms with van der Waals surface area (Å²) in [6.07, 6.45) is 3.36. The van der Waals surface area contributed by atoms with Gasteiger partial charge in [0.1, 0.15) is 0 Å². The van der Waals surface area contributed by atoms with Gasteiger partial charge in [0.15, 0.2) is 0 Å². The second-order valence-electron chi connectivity index (χ2n) is 4.35. The van der Waals surface area contributed by atoms with Gasteiger partial charge in [0, 0.05) is 12.6 Å². The van der Waals surface area contributed by atoms with Crippen LogP contribution in [0.5, 0.6) is 0 Å². The third-order valence-corrected chi connectivity index (χ3v) is 2.68. The fourth-order valence-corrected chi connectivity index (χ4v) is 1.95. The van der Waals surface area contributed by atoms with E-state index in [1.165, 1.54) is 0 Å². The molecule has 0 unspecified atom stereocenters. The number of rotatable bonds is 5. The molecule has 1 fully saturated rings. The number of carbonyl (C=O) groups excluding carboxylic acids is 1. The molecule has 1 amide bonds. The van der Waals surface area contributed by atoms with E-state index in [1.807, 2.05) is 7.05 Å². The van der Waals surface area contributed by atoms with Crippen molar-refractivity contribution in [3.8, 4) is 0 Å². The van der Waals surface area contributed by atoms with E-state index in [4.69, 9.17) is 0 Å². The predicted octanol–water partition coefficient (Wildman–Crippen LogP) is 1.04. The van der Waals surface area contributed by atoms with Crippen molar-refractivity contribution in [3.63, 3.8) is 0 Å². The van der Waals surface area contributed by atoms with Crippen molar-refractivity contribution >= 4 is 30.7 Å². The molecule has 2 N–H and O–H groups in total. The Morgan fingerprint density at radius 2 is 2.18 bits per heavy atom. The molecule has 0 aromatic heterocycles. The van der Waals surface area contributed by atoms with Gasteiger partial charge in [0.2, 0.25) is 5.91 Å². The average molecular weight is 286 g/mol. The lowest BCUT2D eigenvalue weighted by atomic mass is 10.1. The highest BCUT2D eigenvalue weighted by molar-refractivity contribution is 5.85. The van der Waals surface area contributed by atoms with Crippen molar-refractivity contribution in [1.29, 1.82) is 0 Å². The van der Waals surface area contributed by atoms with Crippen LogP contribution >= 0.6 is 24.8 Å². The molecule has 17 heavy (non-hydrogen) atoms. The molecular weight excluding hydrogens is 261 g/mol. The van der Waals surface area contributed by atoms with Gasteiger partial charge < -0.3 is 10.6 Å². The maximum absolute atomic E-state index is 11.6. The number of hydrogen-bond donors (Lipinski definition) is 2. The minimum absolute atomic E-state index is 0. The Hall–Kier alpha value is -0.0300. The second kappa shape index (κ2) is 11.1. The van der Waals surface area contributed by atoms with E-state index in [1.54, 1.807) is 0 Å². The van der Waals surface area contributed by atoms with Gasteiger partial charge in [-0.1, -0.05) is 6.92 Å². The third kappa shape index (κ3) is 8.66. The summed E-state index contributed by atoms with van der Waals surface area (Å²) < 4.78 is 0. The number of nitrogens with one attached hydrogen (secondary N) is 2. The van der Waals surface area contributed by atoms with Gasteiger partial charge in [-0.3, -0.25) is 9.69 Å². The van der Waals surface area contributed by atoms with Gasteiger partial charge in [-0.2, -0.15) is 0 Å². The molecular formula is C11H25Cl2N3O.